The van der Waals surface area contributed by atoms with Crippen molar-refractivity contribution >= 4 is 16.9 Å². The van der Waals surface area contributed by atoms with Gasteiger partial charge in [-0.2, -0.15) is 5.10 Å². The van der Waals surface area contributed by atoms with Gasteiger partial charge in [-0.05, 0) is 75.2 Å². The number of likely N-dealkylation sites (N-methyl/N-ethyl adjacent to an activating group) is 1. The highest BCUT2D eigenvalue weighted by atomic mass is 16.2. The Morgan fingerprint density at radius 3 is 2.77 bits per heavy atom. The standard InChI is InChI=1S/C28H30N6O/c1-17-12-24-28(30-26(17)22-9-5-7-18-6-4-8-21(18)22)27(32-31-24)19-10-11-23(29-13-19)20-14-34(15-20)25(35)16-33(2)3/h5,7,9-13,20H,4,6,8,14-16H2,1-3H3,(H,31,32). The number of aryl methyl sites for hydroxylation is 2. The lowest BCUT2D eigenvalue weighted by Gasteiger charge is -2.39. The number of rotatable bonds is 5. The van der Waals surface area contributed by atoms with Crippen molar-refractivity contribution in [1.82, 2.24) is 30.0 Å². The smallest absolute Gasteiger partial charge is 0.236 e. The molecule has 0 radical (unpaired) electrons. The van der Waals surface area contributed by atoms with Crippen molar-refractivity contribution in [3.05, 3.63) is 65.0 Å². The Morgan fingerprint density at radius 2 is 2.00 bits per heavy atom. The van der Waals surface area contributed by atoms with Gasteiger partial charge in [0.15, 0.2) is 0 Å². The zero-order chi connectivity index (χ0) is 24.1. The van der Waals surface area contributed by atoms with E-state index in [0.717, 1.165) is 65.2 Å². The summed E-state index contributed by atoms with van der Waals surface area (Å²) in [7, 11) is 3.83. The molecule has 7 heteroatoms. The number of carbonyl (C=O) groups excluding carboxylic acids is 1. The molecule has 0 spiro atoms. The lowest BCUT2D eigenvalue weighted by molar-refractivity contribution is -0.136. The van der Waals surface area contributed by atoms with E-state index in [2.05, 4.69) is 53.5 Å². The molecule has 0 bridgehead atoms. The predicted molar refractivity (Wildman–Crippen MR) is 137 cm³/mol. The van der Waals surface area contributed by atoms with E-state index in [1.165, 1.54) is 23.1 Å². The van der Waals surface area contributed by atoms with Crippen LogP contribution >= 0.6 is 0 Å². The Bertz CT molecular complexity index is 1420. The van der Waals surface area contributed by atoms with Crippen LogP contribution in [0.2, 0.25) is 0 Å². The number of aromatic nitrogens is 4. The maximum absolute atomic E-state index is 12.2. The maximum Gasteiger partial charge on any atom is 0.236 e. The first kappa shape index (κ1) is 21.9. The molecule has 3 aromatic heterocycles. The molecule has 35 heavy (non-hydrogen) atoms. The molecule has 0 atom stereocenters. The molecule has 1 fully saturated rings. The second kappa shape index (κ2) is 8.57. The molecule has 4 aromatic rings. The lowest BCUT2D eigenvalue weighted by Crippen LogP contribution is -2.51. The van der Waals surface area contributed by atoms with Gasteiger partial charge in [0.05, 0.1) is 17.8 Å². The SMILES string of the molecule is Cc1cc2[nH]nc(-c3ccc(C4CN(C(=O)CN(C)C)C4)nc3)c2nc1-c1cccc2c1CCC2. The van der Waals surface area contributed by atoms with E-state index in [0.29, 0.717) is 12.5 Å². The van der Waals surface area contributed by atoms with Crippen molar-refractivity contribution in [3.8, 4) is 22.5 Å². The van der Waals surface area contributed by atoms with E-state index in [1.54, 1.807) is 0 Å². The van der Waals surface area contributed by atoms with Crippen molar-refractivity contribution in [2.24, 2.45) is 0 Å². The zero-order valence-electron chi connectivity index (χ0n) is 20.5. The molecule has 1 aliphatic heterocycles. The second-order valence-electron chi connectivity index (χ2n) is 10.1. The molecule has 1 aromatic carbocycles. The summed E-state index contributed by atoms with van der Waals surface area (Å²) in [6, 6.07) is 12.9. The number of hydrogen-bond donors (Lipinski definition) is 1. The van der Waals surface area contributed by atoms with Crippen LogP contribution < -0.4 is 0 Å². The molecule has 1 amide bonds. The third-order valence-electron chi connectivity index (χ3n) is 7.29. The molecule has 2 aliphatic rings. The molecule has 1 saturated heterocycles. The lowest BCUT2D eigenvalue weighted by atomic mass is 9.95. The summed E-state index contributed by atoms with van der Waals surface area (Å²) in [6.07, 6.45) is 5.37. The number of carbonyl (C=O) groups is 1. The van der Waals surface area contributed by atoms with Gasteiger partial charge in [0.1, 0.15) is 11.2 Å². The zero-order valence-corrected chi connectivity index (χ0v) is 20.5. The minimum absolute atomic E-state index is 0.173. The first-order chi connectivity index (χ1) is 17.0. The second-order valence-corrected chi connectivity index (χ2v) is 10.1. The average Bonchev–Trinajstić information content (AvgIpc) is 3.44. The van der Waals surface area contributed by atoms with Crippen molar-refractivity contribution in [3.63, 3.8) is 0 Å². The number of fused-ring (bicyclic) bond motifs is 2. The van der Waals surface area contributed by atoms with E-state index in [1.807, 2.05) is 30.1 Å². The molecule has 6 rings (SSSR count). The highest BCUT2D eigenvalue weighted by Crippen LogP contribution is 2.36. The molecule has 0 unspecified atom stereocenters. The summed E-state index contributed by atoms with van der Waals surface area (Å²) >= 11 is 0. The highest BCUT2D eigenvalue weighted by Gasteiger charge is 2.32. The van der Waals surface area contributed by atoms with Crippen LogP contribution in [-0.4, -0.2) is 69.6 Å². The van der Waals surface area contributed by atoms with E-state index < -0.39 is 0 Å². The van der Waals surface area contributed by atoms with Gasteiger partial charge in [-0.15, -0.1) is 0 Å². The van der Waals surface area contributed by atoms with Gasteiger partial charge in [-0.1, -0.05) is 18.2 Å². The van der Waals surface area contributed by atoms with Gasteiger partial charge in [0.25, 0.3) is 0 Å². The maximum atomic E-state index is 12.2. The fourth-order valence-electron chi connectivity index (χ4n) is 5.39. The Kier molecular flexibility index (Phi) is 5.37. The number of likely N-dealkylation sites (tertiary alicyclic amines) is 1. The first-order valence-electron chi connectivity index (χ1n) is 12.3. The van der Waals surface area contributed by atoms with E-state index in [9.17, 15) is 4.79 Å². The van der Waals surface area contributed by atoms with Crippen LogP contribution in [0.4, 0.5) is 0 Å². The minimum Gasteiger partial charge on any atom is -0.340 e. The van der Waals surface area contributed by atoms with Crippen LogP contribution in [0.15, 0.2) is 42.6 Å². The highest BCUT2D eigenvalue weighted by molar-refractivity contribution is 5.92. The predicted octanol–water partition coefficient (Wildman–Crippen LogP) is 3.97. The quantitative estimate of drug-likeness (QED) is 0.482. The molecular formula is C28H30N6O. The summed E-state index contributed by atoms with van der Waals surface area (Å²) in [4.78, 5) is 25.9. The number of nitrogens with one attached hydrogen (secondary N) is 1. The molecule has 1 aliphatic carbocycles. The number of benzene rings is 1. The number of nitrogens with zero attached hydrogens (tertiary/aromatic N) is 5. The van der Waals surface area contributed by atoms with E-state index >= 15 is 0 Å². The van der Waals surface area contributed by atoms with Crippen molar-refractivity contribution in [2.45, 2.75) is 32.1 Å². The fourth-order valence-corrected chi connectivity index (χ4v) is 5.39. The third-order valence-corrected chi connectivity index (χ3v) is 7.29. The van der Waals surface area contributed by atoms with Crippen molar-refractivity contribution < 1.29 is 4.79 Å². The molecule has 1 N–H and O–H groups in total. The van der Waals surface area contributed by atoms with Gasteiger partial charge in [-0.25, -0.2) is 4.98 Å². The Hall–Kier alpha value is -3.58. The monoisotopic (exact) mass is 466 g/mol. The minimum atomic E-state index is 0.173. The number of amides is 1. The summed E-state index contributed by atoms with van der Waals surface area (Å²) in [5.41, 5.74) is 10.9. The molecule has 178 valence electrons. The van der Waals surface area contributed by atoms with Crippen LogP contribution in [0, 0.1) is 6.92 Å². The van der Waals surface area contributed by atoms with E-state index in [4.69, 9.17) is 9.97 Å². The van der Waals surface area contributed by atoms with Gasteiger partial charge < -0.3 is 9.80 Å². The molecule has 4 heterocycles. The number of pyridine rings is 2. The van der Waals surface area contributed by atoms with Crippen molar-refractivity contribution in [2.75, 3.05) is 33.7 Å². The Balaban J connectivity index is 1.27. The normalized spacial score (nSPS) is 15.6. The number of H-pyrrole nitrogens is 1. The average molecular weight is 467 g/mol. The fraction of sp³-hybridized carbons (Fsp3) is 0.357. The summed E-state index contributed by atoms with van der Waals surface area (Å²) in [6.45, 7) is 4.04. The van der Waals surface area contributed by atoms with Crippen LogP contribution in [0.5, 0.6) is 0 Å². The topological polar surface area (TPSA) is 78.0 Å². The van der Waals surface area contributed by atoms with Gasteiger partial charge in [0.2, 0.25) is 5.91 Å². The summed E-state index contributed by atoms with van der Waals surface area (Å²) in [5, 5.41) is 7.76. The molecular weight excluding hydrogens is 436 g/mol. The summed E-state index contributed by atoms with van der Waals surface area (Å²) in [5.74, 6) is 0.464. The summed E-state index contributed by atoms with van der Waals surface area (Å²) < 4.78 is 0. The molecule has 0 saturated carbocycles. The van der Waals surface area contributed by atoms with Crippen molar-refractivity contribution in [1.29, 1.82) is 0 Å². The third kappa shape index (κ3) is 3.90. The number of aromatic amines is 1. The largest absolute Gasteiger partial charge is 0.340 e. The van der Waals surface area contributed by atoms with Crippen LogP contribution in [0.3, 0.4) is 0 Å². The van der Waals surface area contributed by atoms with E-state index in [-0.39, 0.29) is 5.91 Å². The van der Waals surface area contributed by atoms with Gasteiger partial charge in [0, 0.05) is 42.0 Å². The first-order valence-corrected chi connectivity index (χ1v) is 12.3. The van der Waals surface area contributed by atoms with Crippen LogP contribution in [-0.2, 0) is 17.6 Å². The van der Waals surface area contributed by atoms with Gasteiger partial charge >= 0.3 is 0 Å². The van der Waals surface area contributed by atoms with Crippen LogP contribution in [0.25, 0.3) is 33.5 Å². The Morgan fingerprint density at radius 1 is 1.14 bits per heavy atom. The van der Waals surface area contributed by atoms with Crippen LogP contribution in [0.1, 0.15) is 34.7 Å². The van der Waals surface area contributed by atoms with Gasteiger partial charge in [-0.3, -0.25) is 14.9 Å². The number of hydrogen-bond acceptors (Lipinski definition) is 5. The Labute approximate surface area is 205 Å². The molecule has 7 nitrogen and oxygen atoms in total.